The predicted octanol–water partition coefficient (Wildman–Crippen LogP) is 8.53. The van der Waals surface area contributed by atoms with Gasteiger partial charge in [0.15, 0.2) is 11.5 Å². The van der Waals surface area contributed by atoms with Crippen molar-refractivity contribution in [2.24, 2.45) is 5.92 Å². The maximum absolute atomic E-state index is 14.0. The number of nitrogens with zero attached hydrogens (tertiary/aromatic N) is 3. The van der Waals surface area contributed by atoms with Gasteiger partial charge in [-0.2, -0.15) is 0 Å². The van der Waals surface area contributed by atoms with Crippen LogP contribution in [-0.4, -0.2) is 54.4 Å². The Morgan fingerprint density at radius 2 is 1.34 bits per heavy atom. The molecule has 0 saturated carbocycles. The summed E-state index contributed by atoms with van der Waals surface area (Å²) in [4.78, 5) is 34.0. The number of benzene rings is 5. The van der Waals surface area contributed by atoms with E-state index in [1.54, 1.807) is 7.11 Å². The summed E-state index contributed by atoms with van der Waals surface area (Å²) in [5.74, 6) is 2.36. The number of amides is 2. The molecule has 0 aromatic heterocycles. The van der Waals surface area contributed by atoms with Gasteiger partial charge in [0.05, 0.1) is 30.0 Å². The van der Waals surface area contributed by atoms with Gasteiger partial charge in [-0.25, -0.2) is 6.54 Å². The van der Waals surface area contributed by atoms with Crippen molar-refractivity contribution in [3.05, 3.63) is 153 Å². The first-order valence-electron chi connectivity index (χ1n) is 20.4. The third-order valence-corrected chi connectivity index (χ3v) is 12.1. The van der Waals surface area contributed by atoms with Crippen LogP contribution < -0.4 is 24.4 Å². The fraction of sp³-hybridized carbons (Fsp3) is 0.327. The SMILES string of the molecule is COc1cc2c(cc1OCc1cc(COc3cc4c(cc3C)C(=O)N3Cc5ccccc5C[C@H]3[CH-]N4C)cc(CC(C)C)c1)NC[C@@H]1Cc3ccccc3CN1C2=O.[Y]. The van der Waals surface area contributed by atoms with E-state index >= 15 is 0 Å². The van der Waals surface area contributed by atoms with E-state index in [4.69, 9.17) is 14.2 Å². The van der Waals surface area contributed by atoms with E-state index in [1.807, 2.05) is 60.2 Å². The molecule has 0 unspecified atom stereocenters. The quantitative estimate of drug-likeness (QED) is 0.149. The number of anilines is 2. The Morgan fingerprint density at radius 3 is 2.02 bits per heavy atom. The van der Waals surface area contributed by atoms with Crippen molar-refractivity contribution in [2.45, 2.75) is 78.4 Å². The molecule has 2 amide bonds. The first kappa shape index (κ1) is 40.9. The molecular weight excluding hydrogens is 813 g/mol. The summed E-state index contributed by atoms with van der Waals surface area (Å²) in [5.41, 5.74) is 12.1. The van der Waals surface area contributed by atoms with Crippen LogP contribution in [0.5, 0.6) is 17.2 Å². The Morgan fingerprint density at radius 1 is 0.729 bits per heavy atom. The van der Waals surface area contributed by atoms with E-state index in [0.717, 1.165) is 53.1 Å². The van der Waals surface area contributed by atoms with Crippen LogP contribution in [0.3, 0.4) is 0 Å². The number of carbonyl (C=O) groups is 2. The van der Waals surface area contributed by atoms with Gasteiger partial charge in [0.2, 0.25) is 0 Å². The summed E-state index contributed by atoms with van der Waals surface area (Å²) < 4.78 is 18.9. The van der Waals surface area contributed by atoms with Crippen molar-refractivity contribution in [3.8, 4) is 17.2 Å². The zero-order valence-corrected chi connectivity index (χ0v) is 37.4. The second-order valence-electron chi connectivity index (χ2n) is 16.7. The van der Waals surface area contributed by atoms with Crippen molar-refractivity contribution in [3.63, 3.8) is 0 Å². The van der Waals surface area contributed by atoms with Gasteiger partial charge in [0, 0.05) is 70.2 Å². The Bertz CT molecular complexity index is 2410. The fourth-order valence-electron chi connectivity index (χ4n) is 9.15. The molecule has 301 valence electrons. The Labute approximate surface area is 372 Å². The number of hydrogen-bond acceptors (Lipinski definition) is 7. The second-order valence-corrected chi connectivity index (χ2v) is 16.7. The number of likely N-dealkylation sites (N-methyl/N-ethyl adjacent to an activating group) is 1. The molecule has 10 heteroatoms. The van der Waals surface area contributed by atoms with Gasteiger partial charge >= 0.3 is 0 Å². The minimum atomic E-state index is -0.0147. The number of nitrogens with one attached hydrogen (secondary N) is 1. The number of aryl methyl sites for hydroxylation is 1. The second kappa shape index (κ2) is 17.0. The van der Waals surface area contributed by atoms with Crippen LogP contribution in [0.4, 0.5) is 11.4 Å². The third-order valence-electron chi connectivity index (χ3n) is 12.1. The number of hydrogen-bond donors (Lipinski definition) is 1. The van der Waals surface area contributed by atoms with Crippen molar-refractivity contribution >= 4 is 23.2 Å². The molecule has 4 aliphatic heterocycles. The maximum atomic E-state index is 14.0. The molecule has 9 nitrogen and oxygen atoms in total. The van der Waals surface area contributed by atoms with Gasteiger partial charge in [-0.3, -0.25) is 9.59 Å². The first-order chi connectivity index (χ1) is 28.1. The molecule has 0 fully saturated rings. The van der Waals surface area contributed by atoms with E-state index in [9.17, 15) is 9.59 Å². The van der Waals surface area contributed by atoms with Gasteiger partial charge in [-0.05, 0) is 102 Å². The van der Waals surface area contributed by atoms with Crippen LogP contribution in [0, 0.1) is 19.4 Å². The molecule has 5 aromatic carbocycles. The van der Waals surface area contributed by atoms with E-state index in [1.165, 1.54) is 27.8 Å². The van der Waals surface area contributed by atoms with E-state index in [-0.39, 0.29) is 56.6 Å². The summed E-state index contributed by atoms with van der Waals surface area (Å²) in [7, 11) is 3.63. The van der Waals surface area contributed by atoms with Gasteiger partial charge < -0.3 is 34.2 Å². The summed E-state index contributed by atoms with van der Waals surface area (Å²) in [6, 6.07) is 31.1. The molecule has 4 heterocycles. The van der Waals surface area contributed by atoms with Crippen molar-refractivity contribution < 1.29 is 56.5 Å². The molecule has 9 rings (SSSR count). The Hall–Kier alpha value is -4.86. The monoisotopic (exact) mass is 864 g/mol. The van der Waals surface area contributed by atoms with Crippen molar-refractivity contribution in [1.29, 1.82) is 0 Å². The van der Waals surface area contributed by atoms with Gasteiger partial charge in [0.1, 0.15) is 19.0 Å². The zero-order valence-electron chi connectivity index (χ0n) is 34.6. The summed E-state index contributed by atoms with van der Waals surface area (Å²) in [5, 5.41) is 3.56. The topological polar surface area (TPSA) is 83.6 Å². The average Bonchev–Trinajstić information content (AvgIpc) is 3.40. The number of fused-ring (bicyclic) bond motifs is 6. The van der Waals surface area contributed by atoms with Crippen LogP contribution in [-0.2, 0) is 78.3 Å². The van der Waals surface area contributed by atoms with E-state index in [2.05, 4.69) is 85.2 Å². The number of methoxy groups -OCH3 is 1. The van der Waals surface area contributed by atoms with Crippen LogP contribution in [0.25, 0.3) is 0 Å². The molecule has 0 saturated heterocycles. The molecule has 5 aromatic rings. The normalized spacial score (nSPS) is 17.8. The summed E-state index contributed by atoms with van der Waals surface area (Å²) >= 11 is 0. The molecular formula is C49H51N4O5Y-. The number of carbonyl (C=O) groups excluding carboxylic acids is 2. The first-order valence-corrected chi connectivity index (χ1v) is 20.4. The standard InChI is InChI=1S/C49H51N4O5.Y/c1-30(2)14-32-16-33(28-57-45-23-44-42(15-31(45)3)49(55)53-26-38-13-9-7-11-36(38)20-40(53)27-51(44)4)18-34(17-32)29-58-47-22-43-41(21-46(47)56-5)48(54)52-25-37-12-8-6-10-35(37)19-39(52)24-50-43;/h6-13,15-18,21-23,27,30,39-40,50H,14,19-20,24-26,28-29H2,1-5H3;/q-1;/t39-,40-;/m0./s1. The molecule has 2 atom stereocenters. The van der Waals surface area contributed by atoms with Crippen LogP contribution >= 0.6 is 0 Å². The zero-order chi connectivity index (χ0) is 40.1. The van der Waals surface area contributed by atoms with Crippen molar-refractivity contribution in [1.82, 2.24) is 9.80 Å². The molecule has 1 radical (unpaired) electrons. The van der Waals surface area contributed by atoms with Crippen LogP contribution in [0.2, 0.25) is 0 Å². The molecule has 4 aliphatic rings. The Balaban J connectivity index is 0.00000484. The fourth-order valence-corrected chi connectivity index (χ4v) is 9.15. The molecule has 0 spiro atoms. The Kier molecular flexibility index (Phi) is 11.8. The third kappa shape index (κ3) is 8.21. The minimum Gasteiger partial charge on any atom is -0.522 e. The minimum absolute atomic E-state index is 0. The molecule has 0 aliphatic carbocycles. The van der Waals surface area contributed by atoms with Crippen LogP contribution in [0.1, 0.15) is 79.1 Å². The van der Waals surface area contributed by atoms with Crippen LogP contribution in [0.15, 0.2) is 91.0 Å². The molecule has 1 N–H and O–H groups in total. The number of rotatable bonds is 9. The van der Waals surface area contributed by atoms with E-state index in [0.29, 0.717) is 61.4 Å². The van der Waals surface area contributed by atoms with Gasteiger partial charge in [-0.15, -0.1) is 0 Å². The van der Waals surface area contributed by atoms with E-state index < -0.39 is 0 Å². The largest absolute Gasteiger partial charge is 0.522 e. The molecule has 59 heavy (non-hydrogen) atoms. The summed E-state index contributed by atoms with van der Waals surface area (Å²) in [6.07, 6.45) is 2.53. The van der Waals surface area contributed by atoms with Gasteiger partial charge in [-0.1, -0.05) is 80.6 Å². The molecule has 0 bridgehead atoms. The average molecular weight is 865 g/mol. The smallest absolute Gasteiger partial charge is 0.256 e. The summed E-state index contributed by atoms with van der Waals surface area (Å²) in [6.45, 7) is 11.1. The predicted molar refractivity (Wildman–Crippen MR) is 227 cm³/mol. The van der Waals surface area contributed by atoms with Crippen molar-refractivity contribution in [2.75, 3.05) is 30.9 Å². The maximum Gasteiger partial charge on any atom is 0.256 e. The number of ether oxygens (including phenoxy) is 3. The van der Waals surface area contributed by atoms with Gasteiger partial charge in [0.25, 0.3) is 11.8 Å².